The van der Waals surface area contributed by atoms with Crippen LogP contribution in [0.4, 0.5) is 0 Å². The summed E-state index contributed by atoms with van der Waals surface area (Å²) in [5, 5.41) is 3.13. The summed E-state index contributed by atoms with van der Waals surface area (Å²) in [6.07, 6.45) is 10.0. The molecule has 0 fully saturated rings. The fourth-order valence-electron chi connectivity index (χ4n) is 0.667. The normalized spacial score (nSPS) is 12.0. The summed E-state index contributed by atoms with van der Waals surface area (Å²) in [6, 6.07) is 0. The van der Waals surface area contributed by atoms with Crippen LogP contribution in [0.25, 0.3) is 0 Å². The van der Waals surface area contributed by atoms with E-state index in [1.54, 1.807) is 6.08 Å². The van der Waals surface area contributed by atoms with Crippen LogP contribution in [0.15, 0.2) is 36.7 Å². The molecule has 0 spiro atoms. The monoisotopic (exact) mass is 151 g/mol. The number of hydrogen-bond acceptors (Lipinski definition) is 1. The molecule has 0 aliphatic rings. The van der Waals surface area contributed by atoms with E-state index in [1.807, 2.05) is 12.3 Å². The Labute approximate surface area is 69.5 Å². The van der Waals surface area contributed by atoms with E-state index < -0.39 is 0 Å². The van der Waals surface area contributed by atoms with Crippen molar-refractivity contribution in [3.63, 3.8) is 0 Å². The number of hydrogen-bond donors (Lipinski definition) is 1. The van der Waals surface area contributed by atoms with E-state index in [0.29, 0.717) is 0 Å². The molecule has 0 rings (SSSR count). The third kappa shape index (κ3) is 6.91. The van der Waals surface area contributed by atoms with E-state index in [9.17, 15) is 0 Å². The SMILES string of the molecule is C=C/C=C\N/C(C)=C/CCC. The molecule has 0 heterocycles. The van der Waals surface area contributed by atoms with Crippen LogP contribution in [0.1, 0.15) is 26.7 Å². The second-order valence-corrected chi connectivity index (χ2v) is 2.41. The fourth-order valence-corrected chi connectivity index (χ4v) is 0.667. The zero-order chi connectivity index (χ0) is 8.53. The molecule has 62 valence electrons. The minimum atomic E-state index is 1.14. The highest BCUT2D eigenvalue weighted by molar-refractivity contribution is 5.04. The summed E-state index contributed by atoms with van der Waals surface area (Å²) in [5.74, 6) is 0. The maximum Gasteiger partial charge on any atom is 0.00742 e. The van der Waals surface area contributed by atoms with Gasteiger partial charge in [0, 0.05) is 11.9 Å². The number of allylic oxidation sites excluding steroid dienone is 4. The first-order valence-corrected chi connectivity index (χ1v) is 4.02. The fraction of sp³-hybridized carbons (Fsp3) is 0.400. The highest BCUT2D eigenvalue weighted by Crippen LogP contribution is 1.93. The van der Waals surface area contributed by atoms with Crippen molar-refractivity contribution in [3.05, 3.63) is 36.7 Å². The molecule has 1 nitrogen and oxygen atoms in total. The van der Waals surface area contributed by atoms with Gasteiger partial charge in [0.1, 0.15) is 0 Å². The van der Waals surface area contributed by atoms with Gasteiger partial charge in [-0.1, -0.05) is 32.1 Å². The lowest BCUT2D eigenvalue weighted by molar-refractivity contribution is 0.925. The lowest BCUT2D eigenvalue weighted by Gasteiger charge is -1.98. The molecule has 0 aromatic heterocycles. The summed E-state index contributed by atoms with van der Waals surface area (Å²) in [7, 11) is 0. The van der Waals surface area contributed by atoms with Crippen molar-refractivity contribution in [3.8, 4) is 0 Å². The second kappa shape index (κ2) is 7.13. The first-order valence-electron chi connectivity index (χ1n) is 4.02. The molecule has 0 atom stereocenters. The van der Waals surface area contributed by atoms with Crippen LogP contribution in [0.5, 0.6) is 0 Å². The number of rotatable bonds is 5. The lowest BCUT2D eigenvalue weighted by atomic mass is 10.3. The molecule has 1 heteroatoms. The first-order chi connectivity index (χ1) is 5.31. The van der Waals surface area contributed by atoms with Gasteiger partial charge in [-0.3, -0.25) is 0 Å². The molecule has 11 heavy (non-hydrogen) atoms. The van der Waals surface area contributed by atoms with Gasteiger partial charge in [0.2, 0.25) is 0 Å². The molecule has 1 N–H and O–H groups in total. The Morgan fingerprint density at radius 3 is 2.82 bits per heavy atom. The molecular weight excluding hydrogens is 134 g/mol. The topological polar surface area (TPSA) is 12.0 Å². The summed E-state index contributed by atoms with van der Waals surface area (Å²) in [4.78, 5) is 0. The van der Waals surface area contributed by atoms with Crippen LogP contribution in [0.3, 0.4) is 0 Å². The first kappa shape index (κ1) is 10.0. The van der Waals surface area contributed by atoms with E-state index in [4.69, 9.17) is 0 Å². The molecule has 0 unspecified atom stereocenters. The Hall–Kier alpha value is -0.980. The van der Waals surface area contributed by atoms with Crippen LogP contribution in [0, 0.1) is 0 Å². The third-order valence-electron chi connectivity index (χ3n) is 1.28. The van der Waals surface area contributed by atoms with Crippen molar-refractivity contribution in [1.82, 2.24) is 5.32 Å². The number of unbranched alkanes of at least 4 members (excludes halogenated alkanes) is 1. The van der Waals surface area contributed by atoms with Crippen molar-refractivity contribution in [2.24, 2.45) is 0 Å². The molecule has 0 aliphatic carbocycles. The van der Waals surface area contributed by atoms with Crippen LogP contribution >= 0.6 is 0 Å². The highest BCUT2D eigenvalue weighted by Gasteiger charge is 1.80. The summed E-state index contributed by atoms with van der Waals surface area (Å²) in [6.45, 7) is 7.80. The summed E-state index contributed by atoms with van der Waals surface area (Å²) >= 11 is 0. The van der Waals surface area contributed by atoms with Gasteiger partial charge in [-0.05, 0) is 19.4 Å². The minimum absolute atomic E-state index is 1.14. The van der Waals surface area contributed by atoms with Gasteiger partial charge in [0.25, 0.3) is 0 Å². The van der Waals surface area contributed by atoms with Crippen LogP contribution in [0.2, 0.25) is 0 Å². The van der Waals surface area contributed by atoms with Gasteiger partial charge in [-0.2, -0.15) is 0 Å². The second-order valence-electron chi connectivity index (χ2n) is 2.41. The minimum Gasteiger partial charge on any atom is -0.365 e. The molecule has 0 saturated carbocycles. The van der Waals surface area contributed by atoms with E-state index in [-0.39, 0.29) is 0 Å². The van der Waals surface area contributed by atoms with Crippen molar-refractivity contribution >= 4 is 0 Å². The lowest BCUT2D eigenvalue weighted by Crippen LogP contribution is -1.99. The van der Waals surface area contributed by atoms with Crippen molar-refractivity contribution in [2.75, 3.05) is 0 Å². The predicted molar refractivity (Wildman–Crippen MR) is 51.1 cm³/mol. The Morgan fingerprint density at radius 2 is 2.27 bits per heavy atom. The largest absolute Gasteiger partial charge is 0.365 e. The summed E-state index contributed by atoms with van der Waals surface area (Å²) < 4.78 is 0. The Bertz CT molecular complexity index is 154. The van der Waals surface area contributed by atoms with Crippen LogP contribution in [-0.4, -0.2) is 0 Å². The maximum atomic E-state index is 3.57. The van der Waals surface area contributed by atoms with E-state index in [2.05, 4.69) is 31.8 Å². The molecule has 0 aliphatic heterocycles. The van der Waals surface area contributed by atoms with Gasteiger partial charge in [0.05, 0.1) is 0 Å². The van der Waals surface area contributed by atoms with Gasteiger partial charge < -0.3 is 5.32 Å². The molecule has 0 saturated heterocycles. The molecule has 0 aromatic rings. The average molecular weight is 151 g/mol. The molecular formula is C10H17N. The standard InChI is InChI=1S/C10H17N/c1-4-6-8-10(3)11-9-7-5-2/h5,7-9,11H,2,4,6H2,1,3H3/b9-7-,10-8+. The average Bonchev–Trinajstić information content (AvgIpc) is 2.01. The Morgan fingerprint density at radius 1 is 1.55 bits per heavy atom. The zero-order valence-electron chi connectivity index (χ0n) is 7.43. The zero-order valence-corrected chi connectivity index (χ0v) is 7.43. The van der Waals surface area contributed by atoms with Crippen molar-refractivity contribution < 1.29 is 0 Å². The van der Waals surface area contributed by atoms with Crippen molar-refractivity contribution in [1.29, 1.82) is 0 Å². The van der Waals surface area contributed by atoms with Gasteiger partial charge >= 0.3 is 0 Å². The summed E-state index contributed by atoms with van der Waals surface area (Å²) in [5.41, 5.74) is 1.20. The molecule has 0 amide bonds. The smallest absolute Gasteiger partial charge is 0.00742 e. The van der Waals surface area contributed by atoms with Gasteiger partial charge in [0.15, 0.2) is 0 Å². The highest BCUT2D eigenvalue weighted by atomic mass is 14.8. The Kier molecular flexibility index (Phi) is 6.50. The molecule has 0 aromatic carbocycles. The number of nitrogens with one attached hydrogen (secondary N) is 1. The van der Waals surface area contributed by atoms with E-state index >= 15 is 0 Å². The van der Waals surface area contributed by atoms with Crippen molar-refractivity contribution in [2.45, 2.75) is 26.7 Å². The third-order valence-corrected chi connectivity index (χ3v) is 1.28. The quantitative estimate of drug-likeness (QED) is 0.596. The van der Waals surface area contributed by atoms with Gasteiger partial charge in [-0.15, -0.1) is 0 Å². The van der Waals surface area contributed by atoms with Crippen LogP contribution in [-0.2, 0) is 0 Å². The van der Waals surface area contributed by atoms with Crippen LogP contribution < -0.4 is 5.32 Å². The maximum absolute atomic E-state index is 3.57. The molecule has 0 bridgehead atoms. The predicted octanol–water partition coefficient (Wildman–Crippen LogP) is 2.98. The molecule has 0 radical (unpaired) electrons. The van der Waals surface area contributed by atoms with E-state index in [0.717, 1.165) is 6.42 Å². The van der Waals surface area contributed by atoms with Gasteiger partial charge in [-0.25, -0.2) is 0 Å². The van der Waals surface area contributed by atoms with E-state index in [1.165, 1.54) is 12.1 Å². The Balaban J connectivity index is 3.58.